The van der Waals surface area contributed by atoms with Gasteiger partial charge in [-0.3, -0.25) is 9.36 Å². The lowest BCUT2D eigenvalue weighted by Crippen LogP contribution is -2.22. The lowest BCUT2D eigenvalue weighted by atomic mass is 10.3. The molecule has 15 heteroatoms. The molecule has 0 saturated carbocycles. The summed E-state index contributed by atoms with van der Waals surface area (Å²) in [5.41, 5.74) is 0.697. The fourth-order valence-corrected chi connectivity index (χ4v) is 2.84. The topological polar surface area (TPSA) is 157 Å². The van der Waals surface area contributed by atoms with Gasteiger partial charge >= 0.3 is 18.1 Å². The smallest absolute Gasteiger partial charge is 0.446 e. The maximum atomic E-state index is 11.3. The van der Waals surface area contributed by atoms with Crippen molar-refractivity contribution >= 4 is 32.0 Å². The fourth-order valence-electron chi connectivity index (χ4n) is 2.08. The van der Waals surface area contributed by atoms with Crippen LogP contribution in [-0.2, 0) is 30.5 Å². The van der Waals surface area contributed by atoms with Gasteiger partial charge in [0.15, 0.2) is 5.69 Å². The van der Waals surface area contributed by atoms with Crippen molar-refractivity contribution in [3.63, 3.8) is 0 Å². The zero-order valence-corrected chi connectivity index (χ0v) is 23.1. The van der Waals surface area contributed by atoms with Crippen LogP contribution in [0.2, 0.25) is 25.7 Å². The highest BCUT2D eigenvalue weighted by Crippen LogP contribution is 2.11. The summed E-state index contributed by atoms with van der Waals surface area (Å²) in [6.45, 7) is 9.96. The molecule has 11 nitrogen and oxygen atoms in total. The first-order valence-electron chi connectivity index (χ1n) is 11.5. The van der Waals surface area contributed by atoms with E-state index in [0.29, 0.717) is 25.6 Å². The molecule has 0 atom stereocenters. The third kappa shape index (κ3) is 16.0. The minimum absolute atomic E-state index is 0.118. The lowest BCUT2D eigenvalue weighted by Gasteiger charge is -2.15. The van der Waals surface area contributed by atoms with E-state index in [-0.39, 0.29) is 23.9 Å². The van der Waals surface area contributed by atoms with Crippen LogP contribution >= 0.6 is 0 Å². The number of aromatic nitrogens is 2. The number of nitrogens with zero attached hydrogens (tertiary/aromatic N) is 5. The quantitative estimate of drug-likeness (QED) is 0.208. The van der Waals surface area contributed by atoms with Gasteiger partial charge in [-0.25, -0.2) is 19.6 Å². The van der Waals surface area contributed by atoms with Gasteiger partial charge in [-0.05, 0) is 12.1 Å². The Kier molecular flexibility index (Phi) is 16.6. The monoisotopic (exact) mass is 560 g/mol. The molecule has 1 aliphatic rings. The molecule has 1 aliphatic heterocycles. The van der Waals surface area contributed by atoms with Crippen molar-refractivity contribution in [2.24, 2.45) is 4.99 Å². The number of imidazole rings is 1. The second-order valence-corrected chi connectivity index (χ2v) is 13.6. The Hall–Kier alpha value is -3.82. The molecule has 2 heterocycles. The van der Waals surface area contributed by atoms with Crippen molar-refractivity contribution in [3.05, 3.63) is 29.5 Å². The van der Waals surface area contributed by atoms with Gasteiger partial charge in [-0.1, -0.05) is 33.5 Å². The van der Waals surface area contributed by atoms with E-state index in [4.69, 9.17) is 21.4 Å². The number of hydrogen-bond donors (Lipinski definition) is 0. The maximum Gasteiger partial charge on any atom is 0.446 e. The molecule has 0 fully saturated rings. The average Bonchev–Trinajstić information content (AvgIpc) is 3.53. The molecule has 0 amide bonds. The highest BCUT2D eigenvalue weighted by molar-refractivity contribution is 6.76. The number of halogens is 3. The second-order valence-electron chi connectivity index (χ2n) is 7.99. The zero-order valence-electron chi connectivity index (χ0n) is 23.1. The first-order valence-corrected chi connectivity index (χ1v) is 14.5. The molecular formula is C23H32F3N5O6Si. The molecule has 0 N–H and O–H groups in total. The van der Waals surface area contributed by atoms with Crippen LogP contribution in [0.3, 0.4) is 0 Å². The van der Waals surface area contributed by atoms with Gasteiger partial charge in [0.25, 0.3) is 0 Å². The van der Waals surface area contributed by atoms with Gasteiger partial charge in [0, 0.05) is 28.7 Å². The summed E-state index contributed by atoms with van der Waals surface area (Å²) in [7, 11) is 1.43. The number of esters is 2. The third-order valence-corrected chi connectivity index (χ3v) is 5.60. The number of hydrogen-bond acceptors (Lipinski definition) is 10. The molecule has 2 rings (SSSR count). The predicted octanol–water partition coefficient (Wildman–Crippen LogP) is 4.04. The largest absolute Gasteiger partial charge is 0.464 e. The normalized spacial score (nSPS) is 12.1. The summed E-state index contributed by atoms with van der Waals surface area (Å²) in [5.74, 6) is -0.902. The highest BCUT2D eigenvalue weighted by Gasteiger charge is 2.25. The van der Waals surface area contributed by atoms with Gasteiger partial charge in [-0.15, -0.1) is 0 Å². The Morgan fingerprint density at radius 3 is 2.16 bits per heavy atom. The van der Waals surface area contributed by atoms with Gasteiger partial charge in [0.05, 0.1) is 14.2 Å². The summed E-state index contributed by atoms with van der Waals surface area (Å²) >= 11 is 0. The van der Waals surface area contributed by atoms with E-state index in [9.17, 15) is 22.8 Å². The first-order chi connectivity index (χ1) is 18.1. The number of carbonyl (C=O) groups excluding carboxylic acids is 3. The second kappa shape index (κ2) is 18.4. The first kappa shape index (κ1) is 34.2. The van der Waals surface area contributed by atoms with Crippen molar-refractivity contribution in [2.75, 3.05) is 20.8 Å². The summed E-state index contributed by atoms with van der Waals surface area (Å²) in [5, 5.41) is 17.3. The van der Waals surface area contributed by atoms with Crippen molar-refractivity contribution in [1.82, 2.24) is 9.55 Å². The van der Waals surface area contributed by atoms with Crippen LogP contribution in [0, 0.1) is 22.7 Å². The SMILES string of the molecule is COC(=O)C1=CCC(C#N)=N1.COC(=O)c1cn(COCC[Si](C)(C)C)c(C#N)n1.O=CC(F)(F)F.[2H]CC. The van der Waals surface area contributed by atoms with Crippen molar-refractivity contribution in [3.8, 4) is 12.1 Å². The van der Waals surface area contributed by atoms with E-state index in [2.05, 4.69) is 39.1 Å². The van der Waals surface area contributed by atoms with Crippen molar-refractivity contribution < 1.29 is 43.1 Å². The highest BCUT2D eigenvalue weighted by atomic mass is 28.3. The van der Waals surface area contributed by atoms with Gasteiger partial charge in [0.1, 0.15) is 30.3 Å². The third-order valence-electron chi connectivity index (χ3n) is 3.90. The predicted molar refractivity (Wildman–Crippen MR) is 134 cm³/mol. The van der Waals surface area contributed by atoms with E-state index in [0.717, 1.165) is 6.04 Å². The average molecular weight is 561 g/mol. The minimum atomic E-state index is -4.64. The molecule has 0 unspecified atom stereocenters. The molecule has 0 radical (unpaired) electrons. The van der Waals surface area contributed by atoms with Crippen molar-refractivity contribution in [1.29, 1.82) is 10.5 Å². The number of rotatable bonds is 7. The van der Waals surface area contributed by atoms with E-state index >= 15 is 0 Å². The number of alkyl halides is 3. The molecule has 0 aromatic carbocycles. The van der Waals surface area contributed by atoms with Crippen LogP contribution in [0.25, 0.3) is 0 Å². The van der Waals surface area contributed by atoms with Gasteiger partial charge in [0.2, 0.25) is 12.1 Å². The van der Waals surface area contributed by atoms with E-state index in [1.165, 1.54) is 25.0 Å². The maximum absolute atomic E-state index is 11.3. The Labute approximate surface area is 221 Å². The number of ether oxygens (including phenoxy) is 3. The van der Waals surface area contributed by atoms with Crippen LogP contribution in [-0.4, -0.2) is 68.6 Å². The van der Waals surface area contributed by atoms with Crippen molar-refractivity contribution in [2.45, 2.75) is 58.8 Å². The fraction of sp³-hybridized carbons (Fsp3) is 0.522. The standard InChI is InChI=1S/C12H19N3O3Si.C7H6N2O2.C2HF3O.C2H6/c1-17-12(16)10-8-15(11(7-13)14-10)9-18-5-6-19(2,3)4;1-11-7(10)6-3-2-5(4-8)9-6;3-2(4,5)1-6;1-2/h8H,5-6,9H2,1-4H3;3H,2H2,1H3;1H;1-2H3/i;;;1D. The van der Waals surface area contributed by atoms with E-state index in [1.807, 2.05) is 12.1 Å². The van der Waals surface area contributed by atoms with Crippen LogP contribution in [0.5, 0.6) is 0 Å². The van der Waals surface area contributed by atoms with Gasteiger partial charge < -0.3 is 14.2 Å². The number of nitriles is 2. The van der Waals surface area contributed by atoms with E-state index < -0.39 is 32.5 Å². The molecule has 1 aromatic rings. The van der Waals surface area contributed by atoms with E-state index in [1.54, 1.807) is 13.0 Å². The zero-order chi connectivity index (χ0) is 30.6. The molecule has 210 valence electrons. The summed E-state index contributed by atoms with van der Waals surface area (Å²) in [6, 6.07) is 4.84. The van der Waals surface area contributed by atoms with Crippen LogP contribution < -0.4 is 0 Å². The number of methoxy groups -OCH3 is 2. The Bertz CT molecular complexity index is 1090. The summed E-state index contributed by atoms with van der Waals surface area (Å²) in [4.78, 5) is 38.4. The number of aldehydes is 1. The summed E-state index contributed by atoms with van der Waals surface area (Å²) < 4.78 is 53.5. The Morgan fingerprint density at radius 1 is 1.21 bits per heavy atom. The summed E-state index contributed by atoms with van der Waals surface area (Å²) in [6.07, 6.45) is -2.22. The lowest BCUT2D eigenvalue weighted by molar-refractivity contribution is -0.156. The van der Waals surface area contributed by atoms with Crippen LogP contribution in [0.4, 0.5) is 13.2 Å². The molecule has 0 saturated heterocycles. The van der Waals surface area contributed by atoms with Gasteiger partial charge in [-0.2, -0.15) is 23.7 Å². The molecule has 0 bridgehead atoms. The molecule has 0 aliphatic carbocycles. The number of carbonyl (C=O) groups is 3. The molecule has 38 heavy (non-hydrogen) atoms. The Balaban J connectivity index is 0. The molecular weight excluding hydrogens is 527 g/mol. The Morgan fingerprint density at radius 2 is 1.76 bits per heavy atom. The molecule has 1 aromatic heterocycles. The molecule has 0 spiro atoms. The van der Waals surface area contributed by atoms with Crippen LogP contribution in [0.1, 0.15) is 37.9 Å². The number of allylic oxidation sites excluding steroid dienone is 1. The minimum Gasteiger partial charge on any atom is -0.464 e. The number of aliphatic imine (C=N–C) groups is 1. The van der Waals surface area contributed by atoms with Crippen LogP contribution in [0.15, 0.2) is 23.0 Å².